The van der Waals surface area contributed by atoms with Gasteiger partial charge in [0.15, 0.2) is 0 Å². The van der Waals surface area contributed by atoms with Gasteiger partial charge in [0.05, 0.1) is 4.92 Å². The molecule has 8 heteroatoms. The van der Waals surface area contributed by atoms with Crippen LogP contribution >= 0.6 is 0 Å². The number of fused-ring (bicyclic) bond motifs is 2. The molecule has 0 spiro atoms. The van der Waals surface area contributed by atoms with Gasteiger partial charge in [0.2, 0.25) is 5.91 Å². The fraction of sp³-hybridized carbons (Fsp3) is 0.550. The number of amides is 2. The highest BCUT2D eigenvalue weighted by molar-refractivity contribution is 5.95. The molecule has 0 unspecified atom stereocenters. The molecule has 2 fully saturated rings. The van der Waals surface area contributed by atoms with Crippen molar-refractivity contribution in [3.8, 4) is 0 Å². The van der Waals surface area contributed by atoms with E-state index >= 15 is 0 Å². The van der Waals surface area contributed by atoms with Crippen molar-refractivity contribution >= 4 is 23.2 Å². The number of rotatable bonds is 6. The SMILES string of the molecule is CC1(C)[C@H]2CC[C@@]1(C)/C(=N/NC(=O)CCNC(=O)c1ccc([N+](=O)[O-])cc1)C2. The summed E-state index contributed by atoms with van der Waals surface area (Å²) in [6.07, 6.45) is 3.36. The molecule has 2 aliphatic carbocycles. The minimum absolute atomic E-state index is 0.0368. The van der Waals surface area contributed by atoms with Crippen molar-refractivity contribution in [3.63, 3.8) is 0 Å². The first kappa shape index (κ1) is 20.0. The number of nitro groups is 1. The number of nitrogens with zero attached hydrogens (tertiary/aromatic N) is 2. The van der Waals surface area contributed by atoms with Gasteiger partial charge in [-0.25, -0.2) is 5.43 Å². The Kier molecular flexibility index (Phi) is 5.23. The highest BCUT2D eigenvalue weighted by Crippen LogP contribution is 2.63. The molecule has 1 aromatic rings. The van der Waals surface area contributed by atoms with Gasteiger partial charge in [-0.3, -0.25) is 19.7 Å². The molecule has 1 aromatic carbocycles. The van der Waals surface area contributed by atoms with Gasteiger partial charge in [0.25, 0.3) is 11.6 Å². The maximum absolute atomic E-state index is 12.1. The molecule has 2 aliphatic rings. The minimum atomic E-state index is -0.523. The third-order valence-electron chi connectivity index (χ3n) is 6.81. The van der Waals surface area contributed by atoms with E-state index in [-0.39, 0.29) is 41.3 Å². The quantitative estimate of drug-likeness (QED) is 0.578. The summed E-state index contributed by atoms with van der Waals surface area (Å²) in [6.45, 7) is 6.96. The highest BCUT2D eigenvalue weighted by Gasteiger charge is 2.59. The number of carbonyl (C=O) groups is 2. The predicted octanol–water partition coefficient (Wildman–Crippen LogP) is 3.03. The van der Waals surface area contributed by atoms with Crippen LogP contribution in [0.5, 0.6) is 0 Å². The lowest BCUT2D eigenvalue weighted by atomic mass is 9.70. The van der Waals surface area contributed by atoms with Crippen LogP contribution in [0.1, 0.15) is 56.8 Å². The Hall–Kier alpha value is -2.77. The predicted molar refractivity (Wildman–Crippen MR) is 105 cm³/mol. The molecule has 8 nitrogen and oxygen atoms in total. The summed E-state index contributed by atoms with van der Waals surface area (Å²) in [7, 11) is 0. The first-order valence-corrected chi connectivity index (χ1v) is 9.53. The smallest absolute Gasteiger partial charge is 0.269 e. The summed E-state index contributed by atoms with van der Waals surface area (Å²) < 4.78 is 0. The Morgan fingerprint density at radius 3 is 2.46 bits per heavy atom. The summed E-state index contributed by atoms with van der Waals surface area (Å²) in [5.41, 5.74) is 4.17. The first-order valence-electron chi connectivity index (χ1n) is 9.53. The molecule has 0 heterocycles. The standard InChI is InChI=1S/C20H26N4O4/c1-19(2)14-8-10-20(19,3)16(12-14)22-23-17(25)9-11-21-18(26)13-4-6-15(7-5-13)24(27)28/h4-7,14H,8-12H2,1-3H3,(H,21,26)(H,23,25)/b22-16+/t14-,20-/m0/s1. The van der Waals surface area contributed by atoms with Gasteiger partial charge in [-0.15, -0.1) is 0 Å². The molecule has 0 aromatic heterocycles. The van der Waals surface area contributed by atoms with E-state index in [2.05, 4.69) is 36.6 Å². The van der Waals surface area contributed by atoms with Gasteiger partial charge in [-0.2, -0.15) is 5.10 Å². The lowest BCUT2D eigenvalue weighted by molar-refractivity contribution is -0.384. The minimum Gasteiger partial charge on any atom is -0.352 e. The summed E-state index contributed by atoms with van der Waals surface area (Å²) >= 11 is 0. The summed E-state index contributed by atoms with van der Waals surface area (Å²) in [5, 5.41) is 17.7. The van der Waals surface area contributed by atoms with Crippen LogP contribution in [0.4, 0.5) is 5.69 Å². The number of hydrogen-bond donors (Lipinski definition) is 2. The van der Waals surface area contributed by atoms with Gasteiger partial charge < -0.3 is 5.32 Å². The van der Waals surface area contributed by atoms with E-state index < -0.39 is 4.92 Å². The van der Waals surface area contributed by atoms with E-state index in [1.54, 1.807) is 0 Å². The number of hydrazone groups is 1. The van der Waals surface area contributed by atoms with Gasteiger partial charge in [0.1, 0.15) is 0 Å². The Bertz CT molecular complexity index is 831. The van der Waals surface area contributed by atoms with E-state index in [0.717, 1.165) is 18.6 Å². The van der Waals surface area contributed by atoms with Crippen molar-refractivity contribution in [3.05, 3.63) is 39.9 Å². The molecule has 28 heavy (non-hydrogen) atoms. The molecule has 2 N–H and O–H groups in total. The van der Waals surface area contributed by atoms with Crippen molar-refractivity contribution in [1.29, 1.82) is 0 Å². The number of non-ortho nitro benzene ring substituents is 1. The number of benzene rings is 1. The molecule has 0 aliphatic heterocycles. The van der Waals surface area contributed by atoms with Gasteiger partial charge in [-0.05, 0) is 42.7 Å². The molecular weight excluding hydrogens is 360 g/mol. The summed E-state index contributed by atoms with van der Waals surface area (Å²) in [6, 6.07) is 5.32. The fourth-order valence-corrected chi connectivity index (χ4v) is 4.41. The second kappa shape index (κ2) is 7.33. The number of carbonyl (C=O) groups excluding carboxylic acids is 2. The molecule has 3 rings (SSSR count). The average molecular weight is 386 g/mol. The zero-order valence-corrected chi connectivity index (χ0v) is 16.4. The molecular formula is C20H26N4O4. The second-order valence-corrected chi connectivity index (χ2v) is 8.40. The van der Waals surface area contributed by atoms with Crippen LogP contribution < -0.4 is 10.7 Å². The maximum Gasteiger partial charge on any atom is 0.269 e. The van der Waals surface area contributed by atoms with Crippen molar-refractivity contribution in [2.45, 2.75) is 46.5 Å². The van der Waals surface area contributed by atoms with Crippen LogP contribution in [0, 0.1) is 26.9 Å². The lowest BCUT2D eigenvalue weighted by Gasteiger charge is -2.34. The van der Waals surface area contributed by atoms with Gasteiger partial charge >= 0.3 is 0 Å². The fourth-order valence-electron chi connectivity index (χ4n) is 4.41. The normalized spacial score (nSPS) is 26.2. The molecule has 150 valence electrons. The van der Waals surface area contributed by atoms with Crippen LogP contribution in [-0.2, 0) is 4.79 Å². The third-order valence-corrected chi connectivity index (χ3v) is 6.81. The Balaban J connectivity index is 1.46. The van der Waals surface area contributed by atoms with Crippen LogP contribution in [-0.4, -0.2) is 29.0 Å². The van der Waals surface area contributed by atoms with Crippen LogP contribution in [0.3, 0.4) is 0 Å². The summed E-state index contributed by atoms with van der Waals surface area (Å²) in [5.74, 6) is -0.00816. The number of nitro benzene ring substituents is 1. The molecule has 2 atom stereocenters. The first-order chi connectivity index (χ1) is 13.1. The maximum atomic E-state index is 12.1. The topological polar surface area (TPSA) is 114 Å². The monoisotopic (exact) mass is 386 g/mol. The van der Waals surface area contributed by atoms with Crippen LogP contribution in [0.25, 0.3) is 0 Å². The van der Waals surface area contributed by atoms with Crippen LogP contribution in [0.15, 0.2) is 29.4 Å². The molecule has 0 saturated heterocycles. The molecule has 2 bridgehead atoms. The average Bonchev–Trinajstić information content (AvgIpc) is 2.99. The van der Waals surface area contributed by atoms with Crippen molar-refractivity contribution in [1.82, 2.24) is 10.7 Å². The van der Waals surface area contributed by atoms with E-state index in [0.29, 0.717) is 11.5 Å². The zero-order valence-electron chi connectivity index (χ0n) is 16.4. The van der Waals surface area contributed by atoms with E-state index in [4.69, 9.17) is 0 Å². The molecule has 2 saturated carbocycles. The zero-order chi connectivity index (χ0) is 20.5. The second-order valence-electron chi connectivity index (χ2n) is 8.40. The van der Waals surface area contributed by atoms with Gasteiger partial charge in [0, 0.05) is 41.8 Å². The molecule has 2 amide bonds. The van der Waals surface area contributed by atoms with Crippen LogP contribution in [0.2, 0.25) is 0 Å². The Labute approximate surface area is 163 Å². The highest BCUT2D eigenvalue weighted by atomic mass is 16.6. The van der Waals surface area contributed by atoms with Crippen molar-refractivity contribution < 1.29 is 14.5 Å². The third kappa shape index (κ3) is 3.50. The van der Waals surface area contributed by atoms with E-state index in [1.165, 1.54) is 30.7 Å². The van der Waals surface area contributed by atoms with Crippen molar-refractivity contribution in [2.24, 2.45) is 21.8 Å². The molecule has 0 radical (unpaired) electrons. The van der Waals surface area contributed by atoms with Crippen molar-refractivity contribution in [2.75, 3.05) is 6.54 Å². The Morgan fingerprint density at radius 1 is 1.25 bits per heavy atom. The summed E-state index contributed by atoms with van der Waals surface area (Å²) in [4.78, 5) is 34.2. The van der Waals surface area contributed by atoms with E-state index in [1.807, 2.05) is 0 Å². The lowest BCUT2D eigenvalue weighted by Crippen LogP contribution is -2.34. The van der Waals surface area contributed by atoms with E-state index in [9.17, 15) is 19.7 Å². The number of hydrogen-bond acceptors (Lipinski definition) is 5. The largest absolute Gasteiger partial charge is 0.352 e. The Morgan fingerprint density at radius 2 is 1.93 bits per heavy atom. The number of nitrogens with one attached hydrogen (secondary N) is 2. The van der Waals surface area contributed by atoms with Gasteiger partial charge in [-0.1, -0.05) is 20.8 Å².